The van der Waals surface area contributed by atoms with E-state index in [1.165, 1.54) is 11.1 Å². The van der Waals surface area contributed by atoms with Gasteiger partial charge in [0, 0.05) is 12.8 Å². The smallest absolute Gasteiger partial charge is 0.207 e. The zero-order valence-corrected chi connectivity index (χ0v) is 7.08. The van der Waals surface area contributed by atoms with Gasteiger partial charge < -0.3 is 0 Å². The molecule has 1 rings (SSSR count). The molecule has 0 aliphatic heterocycles. The molecule has 2 heteroatoms. The highest BCUT2D eigenvalue weighted by molar-refractivity contribution is 5.12. The molecule has 0 bridgehead atoms. The van der Waals surface area contributed by atoms with E-state index in [2.05, 4.69) is 0 Å². The summed E-state index contributed by atoms with van der Waals surface area (Å²) < 4.78 is 25.2. The maximum atomic E-state index is 12.6. The molecule has 0 aromatic rings. The molecule has 11 heavy (non-hydrogen) atoms. The summed E-state index contributed by atoms with van der Waals surface area (Å²) in [4.78, 5) is 0. The maximum absolute atomic E-state index is 12.6. The molecule has 0 amide bonds. The molecule has 0 aromatic carbocycles. The standard InChI is InChI=1S/C9H14F2/c1-7(2)8-3-5-9(10,11)6-4-8/h3-6H2,1-2H3. The fourth-order valence-electron chi connectivity index (χ4n) is 1.42. The van der Waals surface area contributed by atoms with Gasteiger partial charge in [-0.3, -0.25) is 0 Å². The fraction of sp³-hybridized carbons (Fsp3) is 0.778. The van der Waals surface area contributed by atoms with Crippen LogP contribution in [0.15, 0.2) is 11.1 Å². The van der Waals surface area contributed by atoms with Crippen molar-refractivity contribution in [1.82, 2.24) is 0 Å². The summed E-state index contributed by atoms with van der Waals surface area (Å²) in [5, 5.41) is 0. The Morgan fingerprint density at radius 2 is 1.64 bits per heavy atom. The fourth-order valence-corrected chi connectivity index (χ4v) is 1.42. The van der Waals surface area contributed by atoms with E-state index in [4.69, 9.17) is 0 Å². The summed E-state index contributed by atoms with van der Waals surface area (Å²) in [6.07, 6.45) is 1.28. The first-order chi connectivity index (χ1) is 5.01. The first-order valence-electron chi connectivity index (χ1n) is 4.04. The Kier molecular flexibility index (Phi) is 2.31. The summed E-state index contributed by atoms with van der Waals surface area (Å²) >= 11 is 0. The average Bonchev–Trinajstić information content (AvgIpc) is 1.86. The molecule has 0 unspecified atom stereocenters. The van der Waals surface area contributed by atoms with Gasteiger partial charge in [0.25, 0.3) is 0 Å². The van der Waals surface area contributed by atoms with Gasteiger partial charge in [0.1, 0.15) is 0 Å². The van der Waals surface area contributed by atoms with E-state index in [1.54, 1.807) is 0 Å². The Morgan fingerprint density at radius 3 is 2.00 bits per heavy atom. The van der Waals surface area contributed by atoms with Crippen LogP contribution in [0.1, 0.15) is 39.5 Å². The van der Waals surface area contributed by atoms with Crippen LogP contribution in [-0.4, -0.2) is 5.92 Å². The average molecular weight is 160 g/mol. The van der Waals surface area contributed by atoms with Crippen molar-refractivity contribution in [2.45, 2.75) is 45.5 Å². The second-order valence-corrected chi connectivity index (χ2v) is 3.46. The van der Waals surface area contributed by atoms with Gasteiger partial charge in [-0.05, 0) is 26.7 Å². The van der Waals surface area contributed by atoms with Crippen LogP contribution in [0.25, 0.3) is 0 Å². The van der Waals surface area contributed by atoms with Crippen molar-refractivity contribution < 1.29 is 8.78 Å². The van der Waals surface area contributed by atoms with E-state index in [9.17, 15) is 8.78 Å². The highest BCUT2D eigenvalue weighted by Crippen LogP contribution is 2.36. The lowest BCUT2D eigenvalue weighted by Gasteiger charge is -2.24. The Bertz CT molecular complexity index is 164. The maximum Gasteiger partial charge on any atom is 0.248 e. The van der Waals surface area contributed by atoms with Crippen molar-refractivity contribution >= 4 is 0 Å². The summed E-state index contributed by atoms with van der Waals surface area (Å²) in [5.41, 5.74) is 2.46. The van der Waals surface area contributed by atoms with Gasteiger partial charge >= 0.3 is 0 Å². The lowest BCUT2D eigenvalue weighted by Crippen LogP contribution is -2.20. The van der Waals surface area contributed by atoms with Gasteiger partial charge in [0.2, 0.25) is 5.92 Å². The van der Waals surface area contributed by atoms with E-state index in [-0.39, 0.29) is 12.8 Å². The summed E-state index contributed by atoms with van der Waals surface area (Å²) in [6, 6.07) is 0. The van der Waals surface area contributed by atoms with Crippen LogP contribution in [0, 0.1) is 0 Å². The Labute approximate surface area is 66.3 Å². The molecule has 0 spiro atoms. The van der Waals surface area contributed by atoms with E-state index >= 15 is 0 Å². The van der Waals surface area contributed by atoms with Gasteiger partial charge in [-0.25, -0.2) is 8.78 Å². The number of rotatable bonds is 0. The number of alkyl halides is 2. The molecule has 0 N–H and O–H groups in total. The predicted octanol–water partition coefficient (Wildman–Crippen LogP) is 3.53. The highest BCUT2D eigenvalue weighted by atomic mass is 19.3. The lowest BCUT2D eigenvalue weighted by molar-refractivity contribution is -0.0247. The highest BCUT2D eigenvalue weighted by Gasteiger charge is 2.32. The van der Waals surface area contributed by atoms with E-state index in [0.717, 1.165) is 0 Å². The van der Waals surface area contributed by atoms with Crippen LogP contribution in [0.3, 0.4) is 0 Å². The number of halogens is 2. The van der Waals surface area contributed by atoms with Crippen LogP contribution in [0.5, 0.6) is 0 Å². The van der Waals surface area contributed by atoms with Crippen molar-refractivity contribution in [3.8, 4) is 0 Å². The van der Waals surface area contributed by atoms with Crippen LogP contribution < -0.4 is 0 Å². The molecule has 1 saturated carbocycles. The van der Waals surface area contributed by atoms with Crippen molar-refractivity contribution in [3.63, 3.8) is 0 Å². The minimum Gasteiger partial charge on any atom is -0.207 e. The third kappa shape index (κ3) is 2.28. The molecule has 0 heterocycles. The third-order valence-corrected chi connectivity index (χ3v) is 2.29. The largest absolute Gasteiger partial charge is 0.248 e. The van der Waals surface area contributed by atoms with Gasteiger partial charge in [-0.1, -0.05) is 11.1 Å². The van der Waals surface area contributed by atoms with Crippen LogP contribution >= 0.6 is 0 Å². The summed E-state index contributed by atoms with van der Waals surface area (Å²) in [6.45, 7) is 4.00. The molecule has 0 radical (unpaired) electrons. The second-order valence-electron chi connectivity index (χ2n) is 3.46. The monoisotopic (exact) mass is 160 g/mol. The van der Waals surface area contributed by atoms with Crippen molar-refractivity contribution in [2.24, 2.45) is 0 Å². The molecule has 0 atom stereocenters. The lowest BCUT2D eigenvalue weighted by atomic mass is 9.89. The zero-order chi connectivity index (χ0) is 8.48. The van der Waals surface area contributed by atoms with Gasteiger partial charge in [0.15, 0.2) is 0 Å². The van der Waals surface area contributed by atoms with Gasteiger partial charge in [-0.15, -0.1) is 0 Å². The molecule has 0 saturated heterocycles. The van der Waals surface area contributed by atoms with E-state index in [0.29, 0.717) is 12.8 Å². The molecule has 0 nitrogen and oxygen atoms in total. The molecule has 1 aliphatic carbocycles. The van der Waals surface area contributed by atoms with Crippen LogP contribution in [0.4, 0.5) is 8.78 Å². The Balaban J connectivity index is 2.56. The van der Waals surface area contributed by atoms with Crippen LogP contribution in [-0.2, 0) is 0 Å². The quantitative estimate of drug-likeness (QED) is 0.475. The zero-order valence-electron chi connectivity index (χ0n) is 7.08. The van der Waals surface area contributed by atoms with E-state index < -0.39 is 5.92 Å². The Morgan fingerprint density at radius 1 is 1.18 bits per heavy atom. The van der Waals surface area contributed by atoms with Gasteiger partial charge in [-0.2, -0.15) is 0 Å². The number of hydrogen-bond acceptors (Lipinski definition) is 0. The van der Waals surface area contributed by atoms with Crippen molar-refractivity contribution in [1.29, 1.82) is 0 Å². The minimum atomic E-state index is -2.39. The van der Waals surface area contributed by atoms with Crippen molar-refractivity contribution in [3.05, 3.63) is 11.1 Å². The molecule has 1 fully saturated rings. The minimum absolute atomic E-state index is 0.0491. The van der Waals surface area contributed by atoms with E-state index in [1.807, 2.05) is 13.8 Å². The Hall–Kier alpha value is -0.400. The molecular weight excluding hydrogens is 146 g/mol. The molecule has 0 aromatic heterocycles. The van der Waals surface area contributed by atoms with Gasteiger partial charge in [0.05, 0.1) is 0 Å². The number of allylic oxidation sites excluding steroid dienone is 2. The molecule has 64 valence electrons. The predicted molar refractivity (Wildman–Crippen MR) is 41.8 cm³/mol. The van der Waals surface area contributed by atoms with Crippen LogP contribution in [0.2, 0.25) is 0 Å². The normalized spacial score (nSPS) is 23.5. The summed E-state index contributed by atoms with van der Waals surface area (Å²) in [5.74, 6) is -2.39. The molecular formula is C9H14F2. The van der Waals surface area contributed by atoms with Crippen molar-refractivity contribution in [2.75, 3.05) is 0 Å². The second kappa shape index (κ2) is 2.92. The first-order valence-corrected chi connectivity index (χ1v) is 4.04. The SMILES string of the molecule is CC(C)=C1CCC(F)(F)CC1. The summed E-state index contributed by atoms with van der Waals surface area (Å²) in [7, 11) is 0. The third-order valence-electron chi connectivity index (χ3n) is 2.29. The topological polar surface area (TPSA) is 0 Å². The number of hydrogen-bond donors (Lipinski definition) is 0. The first kappa shape index (κ1) is 8.69. The molecule has 1 aliphatic rings.